The molecule has 0 fully saturated rings. The van der Waals surface area contributed by atoms with Crippen molar-refractivity contribution in [3.05, 3.63) is 29.3 Å². The van der Waals surface area contributed by atoms with Crippen LogP contribution in [0.15, 0.2) is 18.2 Å². The van der Waals surface area contributed by atoms with E-state index < -0.39 is 0 Å². The number of aliphatic hydroxyl groups is 2. The van der Waals surface area contributed by atoms with E-state index in [1.807, 2.05) is 18.2 Å². The van der Waals surface area contributed by atoms with Gasteiger partial charge in [0, 0.05) is 6.42 Å². The molecule has 3 nitrogen and oxygen atoms in total. The van der Waals surface area contributed by atoms with E-state index in [0.29, 0.717) is 13.0 Å². The molecule has 1 aliphatic rings. The van der Waals surface area contributed by atoms with Gasteiger partial charge in [0.1, 0.15) is 5.75 Å². The minimum Gasteiger partial charge on any atom is -0.493 e. The van der Waals surface area contributed by atoms with Gasteiger partial charge in [0.2, 0.25) is 0 Å². The van der Waals surface area contributed by atoms with Crippen LogP contribution in [-0.4, -0.2) is 22.9 Å². The largest absolute Gasteiger partial charge is 0.493 e. The Morgan fingerprint density at radius 1 is 1.47 bits per heavy atom. The maximum atomic E-state index is 9.90. The lowest BCUT2D eigenvalue weighted by molar-refractivity contribution is 0.151. The monoisotopic (exact) mass is 236 g/mol. The van der Waals surface area contributed by atoms with Crippen LogP contribution in [0.5, 0.6) is 5.75 Å². The van der Waals surface area contributed by atoms with Gasteiger partial charge in [-0.15, -0.1) is 0 Å². The van der Waals surface area contributed by atoms with Gasteiger partial charge in [-0.2, -0.15) is 0 Å². The number of aliphatic hydroxyl groups excluding tert-OH is 2. The highest BCUT2D eigenvalue weighted by molar-refractivity contribution is 5.38. The van der Waals surface area contributed by atoms with Crippen molar-refractivity contribution < 1.29 is 14.9 Å². The van der Waals surface area contributed by atoms with Crippen molar-refractivity contribution in [1.82, 2.24) is 0 Å². The number of hydrogen-bond donors (Lipinski definition) is 2. The molecule has 2 atom stereocenters. The molecule has 0 bridgehead atoms. The minimum absolute atomic E-state index is 0.335. The number of hydrogen-bond acceptors (Lipinski definition) is 3. The van der Waals surface area contributed by atoms with E-state index >= 15 is 0 Å². The van der Waals surface area contributed by atoms with Crippen molar-refractivity contribution in [3.8, 4) is 5.75 Å². The van der Waals surface area contributed by atoms with E-state index in [4.69, 9.17) is 9.84 Å². The summed E-state index contributed by atoms with van der Waals surface area (Å²) >= 11 is 0. The lowest BCUT2D eigenvalue weighted by atomic mass is 9.89. The van der Waals surface area contributed by atoms with Gasteiger partial charge in [-0.3, -0.25) is 0 Å². The molecule has 1 aliphatic carbocycles. The molecular formula is C14H20O3. The molecule has 1 aromatic rings. The van der Waals surface area contributed by atoms with E-state index in [-0.39, 0.29) is 12.2 Å². The number of aryl methyl sites for hydroxylation is 1. The predicted octanol–water partition coefficient (Wildman–Crippen LogP) is 2.21. The summed E-state index contributed by atoms with van der Waals surface area (Å²) in [5, 5.41) is 19.0. The van der Waals surface area contributed by atoms with Gasteiger partial charge in [-0.05, 0) is 49.4 Å². The van der Waals surface area contributed by atoms with E-state index in [0.717, 1.165) is 30.6 Å². The molecule has 2 rings (SSSR count). The van der Waals surface area contributed by atoms with Crippen LogP contribution >= 0.6 is 0 Å². The molecule has 3 heteroatoms. The average molecular weight is 236 g/mol. The Morgan fingerprint density at radius 2 is 2.29 bits per heavy atom. The Balaban J connectivity index is 2.02. The van der Waals surface area contributed by atoms with Crippen molar-refractivity contribution in [2.75, 3.05) is 6.61 Å². The molecule has 0 aromatic heterocycles. The normalized spacial score (nSPS) is 20.8. The lowest BCUT2D eigenvalue weighted by Crippen LogP contribution is -2.11. The predicted molar refractivity (Wildman–Crippen MR) is 66.1 cm³/mol. The zero-order chi connectivity index (χ0) is 12.3. The summed E-state index contributed by atoms with van der Waals surface area (Å²) < 4.78 is 5.56. The molecule has 2 N–H and O–H groups in total. The molecule has 94 valence electrons. The van der Waals surface area contributed by atoms with Gasteiger partial charge in [0.15, 0.2) is 0 Å². The average Bonchev–Trinajstić information content (AvgIpc) is 2.30. The molecule has 0 saturated heterocycles. The van der Waals surface area contributed by atoms with Crippen molar-refractivity contribution in [1.29, 1.82) is 0 Å². The first-order valence-electron chi connectivity index (χ1n) is 6.28. The highest BCUT2D eigenvalue weighted by atomic mass is 16.5. The van der Waals surface area contributed by atoms with E-state index in [1.165, 1.54) is 5.56 Å². The van der Waals surface area contributed by atoms with Crippen LogP contribution in [0.1, 0.15) is 43.4 Å². The van der Waals surface area contributed by atoms with Gasteiger partial charge in [-0.25, -0.2) is 0 Å². The molecular weight excluding hydrogens is 216 g/mol. The van der Waals surface area contributed by atoms with E-state index in [2.05, 4.69) is 0 Å². The van der Waals surface area contributed by atoms with Crippen LogP contribution in [0.2, 0.25) is 0 Å². The molecule has 0 heterocycles. The molecule has 0 amide bonds. The second-order valence-corrected chi connectivity index (χ2v) is 4.75. The Bertz CT molecular complexity index is 374. The summed E-state index contributed by atoms with van der Waals surface area (Å²) in [6.45, 7) is 2.26. The number of fused-ring (bicyclic) bond motifs is 1. The summed E-state index contributed by atoms with van der Waals surface area (Å²) in [6.07, 6.45) is 2.87. The maximum absolute atomic E-state index is 9.90. The SMILES string of the molecule is CC(O)CCOc1ccc2c(c1)C(O)CCC2. The van der Waals surface area contributed by atoms with Crippen LogP contribution in [0.25, 0.3) is 0 Å². The molecule has 0 saturated carbocycles. The summed E-state index contributed by atoms with van der Waals surface area (Å²) in [5.41, 5.74) is 2.23. The number of ether oxygens (including phenoxy) is 1. The van der Waals surface area contributed by atoms with Crippen LogP contribution in [-0.2, 0) is 6.42 Å². The second kappa shape index (κ2) is 5.52. The van der Waals surface area contributed by atoms with Gasteiger partial charge in [0.25, 0.3) is 0 Å². The number of benzene rings is 1. The lowest BCUT2D eigenvalue weighted by Gasteiger charge is -2.22. The molecule has 0 spiro atoms. The summed E-state index contributed by atoms with van der Waals surface area (Å²) in [4.78, 5) is 0. The first-order chi connectivity index (χ1) is 8.16. The van der Waals surface area contributed by atoms with Gasteiger partial charge in [-0.1, -0.05) is 6.07 Å². The van der Waals surface area contributed by atoms with E-state index in [1.54, 1.807) is 6.92 Å². The topological polar surface area (TPSA) is 49.7 Å². The fourth-order valence-electron chi connectivity index (χ4n) is 2.19. The fourth-order valence-corrected chi connectivity index (χ4v) is 2.19. The second-order valence-electron chi connectivity index (χ2n) is 4.75. The maximum Gasteiger partial charge on any atom is 0.119 e. The molecule has 17 heavy (non-hydrogen) atoms. The van der Waals surface area contributed by atoms with Crippen molar-refractivity contribution >= 4 is 0 Å². The minimum atomic E-state index is -0.348. The Morgan fingerprint density at radius 3 is 3.06 bits per heavy atom. The van der Waals surface area contributed by atoms with Crippen LogP contribution in [0.3, 0.4) is 0 Å². The standard InChI is InChI=1S/C14H20O3/c1-10(15)7-8-17-12-6-5-11-3-2-4-14(16)13(11)9-12/h5-6,9-10,14-16H,2-4,7-8H2,1H3. The quantitative estimate of drug-likeness (QED) is 0.842. The van der Waals surface area contributed by atoms with Gasteiger partial charge >= 0.3 is 0 Å². The van der Waals surface area contributed by atoms with Crippen LogP contribution in [0.4, 0.5) is 0 Å². The highest BCUT2D eigenvalue weighted by Crippen LogP contribution is 2.32. The van der Waals surface area contributed by atoms with Crippen molar-refractivity contribution in [3.63, 3.8) is 0 Å². The Hall–Kier alpha value is -1.06. The first-order valence-corrected chi connectivity index (χ1v) is 6.28. The molecule has 0 aliphatic heterocycles. The molecule has 0 radical (unpaired) electrons. The fraction of sp³-hybridized carbons (Fsp3) is 0.571. The third kappa shape index (κ3) is 3.20. The first kappa shape index (κ1) is 12.4. The molecule has 1 aromatic carbocycles. The Labute approximate surface area is 102 Å². The van der Waals surface area contributed by atoms with Crippen LogP contribution in [0, 0.1) is 0 Å². The zero-order valence-corrected chi connectivity index (χ0v) is 10.2. The Kier molecular flexibility index (Phi) is 4.02. The highest BCUT2D eigenvalue weighted by Gasteiger charge is 2.18. The third-order valence-electron chi connectivity index (χ3n) is 3.20. The van der Waals surface area contributed by atoms with Crippen molar-refractivity contribution in [2.24, 2.45) is 0 Å². The van der Waals surface area contributed by atoms with Crippen molar-refractivity contribution in [2.45, 2.75) is 44.8 Å². The smallest absolute Gasteiger partial charge is 0.119 e. The van der Waals surface area contributed by atoms with E-state index in [9.17, 15) is 5.11 Å². The summed E-state index contributed by atoms with van der Waals surface area (Å²) in [7, 11) is 0. The molecule has 2 unspecified atom stereocenters. The van der Waals surface area contributed by atoms with Gasteiger partial charge in [0.05, 0.1) is 18.8 Å². The summed E-state index contributed by atoms with van der Waals surface area (Å²) in [5.74, 6) is 0.783. The van der Waals surface area contributed by atoms with Gasteiger partial charge < -0.3 is 14.9 Å². The zero-order valence-electron chi connectivity index (χ0n) is 10.2. The summed E-state index contributed by atoms with van der Waals surface area (Å²) in [6, 6.07) is 5.91. The van der Waals surface area contributed by atoms with Crippen LogP contribution < -0.4 is 4.74 Å². The number of rotatable bonds is 4. The third-order valence-corrected chi connectivity index (χ3v) is 3.20.